The van der Waals surface area contributed by atoms with Crippen molar-refractivity contribution >= 4 is 26.7 Å². The highest BCUT2D eigenvalue weighted by Crippen LogP contribution is 2.31. The molecule has 2 atom stereocenters. The van der Waals surface area contributed by atoms with Gasteiger partial charge in [-0.15, -0.1) is 0 Å². The van der Waals surface area contributed by atoms with Gasteiger partial charge in [0.1, 0.15) is 0 Å². The third kappa shape index (κ3) is 2.36. The molecule has 2 aromatic rings. The first-order chi connectivity index (χ1) is 10.4. The Labute approximate surface area is 129 Å². The lowest BCUT2D eigenvalue weighted by Gasteiger charge is -2.17. The van der Waals surface area contributed by atoms with Crippen LogP contribution in [0.15, 0.2) is 41.6 Å². The van der Waals surface area contributed by atoms with Crippen molar-refractivity contribution in [2.75, 3.05) is 13.1 Å². The summed E-state index contributed by atoms with van der Waals surface area (Å²) in [6, 6.07) is 6.79. The summed E-state index contributed by atoms with van der Waals surface area (Å²) in [6.07, 6.45) is 3.20. The number of rotatable bonds is 3. The predicted molar refractivity (Wildman–Crippen MR) is 82.4 cm³/mol. The van der Waals surface area contributed by atoms with Gasteiger partial charge in [0, 0.05) is 36.3 Å². The standard InChI is InChI=1S/C15H17N3O3S/c1-10-8-18(9-13(10)15(16)19)22(20,21)14-4-2-3-11-7-17-6-5-12(11)14/h2-7,10,13H,8-9H2,1H3,(H2,16,19)/t10-,13-/m1/s1. The van der Waals surface area contributed by atoms with E-state index in [1.54, 1.807) is 30.6 Å². The molecule has 22 heavy (non-hydrogen) atoms. The minimum absolute atomic E-state index is 0.0797. The van der Waals surface area contributed by atoms with Crippen LogP contribution in [0.3, 0.4) is 0 Å². The summed E-state index contributed by atoms with van der Waals surface area (Å²) >= 11 is 0. The Hall–Kier alpha value is -1.99. The van der Waals surface area contributed by atoms with Gasteiger partial charge >= 0.3 is 0 Å². The van der Waals surface area contributed by atoms with E-state index in [1.165, 1.54) is 4.31 Å². The maximum Gasteiger partial charge on any atom is 0.243 e. The van der Waals surface area contributed by atoms with Gasteiger partial charge in [-0.3, -0.25) is 9.78 Å². The van der Waals surface area contributed by atoms with Gasteiger partial charge in [0.2, 0.25) is 15.9 Å². The molecule has 0 radical (unpaired) electrons. The Kier molecular flexibility index (Phi) is 3.62. The van der Waals surface area contributed by atoms with Gasteiger partial charge < -0.3 is 5.73 Å². The number of nitrogens with zero attached hydrogens (tertiary/aromatic N) is 2. The summed E-state index contributed by atoms with van der Waals surface area (Å²) in [6.45, 7) is 2.29. The van der Waals surface area contributed by atoms with Crippen molar-refractivity contribution in [1.82, 2.24) is 9.29 Å². The van der Waals surface area contributed by atoms with Gasteiger partial charge in [-0.05, 0) is 18.1 Å². The highest BCUT2D eigenvalue weighted by Gasteiger charge is 2.40. The second kappa shape index (κ2) is 5.33. The van der Waals surface area contributed by atoms with E-state index in [9.17, 15) is 13.2 Å². The molecule has 1 aromatic heterocycles. The van der Waals surface area contributed by atoms with Crippen LogP contribution in [0.1, 0.15) is 6.92 Å². The van der Waals surface area contributed by atoms with Crippen molar-refractivity contribution in [3.05, 3.63) is 36.7 Å². The monoisotopic (exact) mass is 319 g/mol. The largest absolute Gasteiger partial charge is 0.369 e. The number of primary amides is 1. The van der Waals surface area contributed by atoms with E-state index in [-0.39, 0.29) is 17.4 Å². The average molecular weight is 319 g/mol. The van der Waals surface area contributed by atoms with Crippen molar-refractivity contribution in [2.24, 2.45) is 17.6 Å². The third-order valence-corrected chi connectivity index (χ3v) is 6.09. The van der Waals surface area contributed by atoms with Crippen LogP contribution in [0.5, 0.6) is 0 Å². The highest BCUT2D eigenvalue weighted by atomic mass is 32.2. The number of pyridine rings is 1. The van der Waals surface area contributed by atoms with Crippen molar-refractivity contribution in [2.45, 2.75) is 11.8 Å². The molecule has 1 aliphatic rings. The lowest BCUT2D eigenvalue weighted by molar-refractivity contribution is -0.122. The summed E-state index contributed by atoms with van der Waals surface area (Å²) in [5.41, 5.74) is 5.35. The molecule has 2 N–H and O–H groups in total. The normalized spacial score (nSPS) is 23.0. The number of benzene rings is 1. The van der Waals surface area contributed by atoms with E-state index in [2.05, 4.69) is 4.98 Å². The summed E-state index contributed by atoms with van der Waals surface area (Å²) in [7, 11) is -3.67. The number of carbonyl (C=O) groups excluding carboxylic acids is 1. The Bertz CT molecular complexity index is 830. The molecule has 1 amide bonds. The summed E-state index contributed by atoms with van der Waals surface area (Å²) in [4.78, 5) is 15.7. The van der Waals surface area contributed by atoms with Crippen LogP contribution in [0.4, 0.5) is 0 Å². The first-order valence-electron chi connectivity index (χ1n) is 7.03. The van der Waals surface area contributed by atoms with Crippen molar-refractivity contribution in [3.8, 4) is 0 Å². The van der Waals surface area contributed by atoms with E-state index in [0.717, 1.165) is 5.39 Å². The molecule has 0 unspecified atom stereocenters. The lowest BCUT2D eigenvalue weighted by atomic mass is 9.98. The number of fused-ring (bicyclic) bond motifs is 1. The van der Waals surface area contributed by atoms with Crippen LogP contribution < -0.4 is 5.73 Å². The molecule has 1 fully saturated rings. The molecule has 1 aliphatic heterocycles. The van der Waals surface area contributed by atoms with Gasteiger partial charge in [0.25, 0.3) is 0 Å². The molecule has 116 valence electrons. The number of sulfonamides is 1. The fourth-order valence-corrected chi connectivity index (χ4v) is 4.73. The third-order valence-electron chi connectivity index (χ3n) is 4.20. The average Bonchev–Trinajstić information content (AvgIpc) is 2.89. The molecule has 0 bridgehead atoms. The van der Waals surface area contributed by atoms with Crippen molar-refractivity contribution in [3.63, 3.8) is 0 Å². The molecule has 0 aliphatic carbocycles. The maximum absolute atomic E-state index is 12.9. The van der Waals surface area contributed by atoms with Crippen LogP contribution in [-0.4, -0.2) is 36.7 Å². The van der Waals surface area contributed by atoms with Gasteiger partial charge in [0.05, 0.1) is 10.8 Å². The van der Waals surface area contributed by atoms with E-state index < -0.39 is 21.8 Å². The summed E-state index contributed by atoms with van der Waals surface area (Å²) in [5.74, 6) is -0.970. The lowest BCUT2D eigenvalue weighted by Crippen LogP contribution is -2.32. The van der Waals surface area contributed by atoms with Gasteiger partial charge in [-0.1, -0.05) is 19.1 Å². The van der Waals surface area contributed by atoms with Crippen molar-refractivity contribution in [1.29, 1.82) is 0 Å². The Morgan fingerprint density at radius 1 is 1.32 bits per heavy atom. The van der Waals surface area contributed by atoms with Gasteiger partial charge in [-0.25, -0.2) is 8.42 Å². The van der Waals surface area contributed by atoms with E-state index >= 15 is 0 Å². The quantitative estimate of drug-likeness (QED) is 0.912. The van der Waals surface area contributed by atoms with Gasteiger partial charge in [-0.2, -0.15) is 4.31 Å². The molecule has 1 aromatic carbocycles. The second-order valence-corrected chi connectivity index (χ2v) is 7.57. The fourth-order valence-electron chi connectivity index (χ4n) is 2.95. The minimum atomic E-state index is -3.67. The zero-order chi connectivity index (χ0) is 15.9. The van der Waals surface area contributed by atoms with E-state index in [4.69, 9.17) is 5.73 Å². The first kappa shape index (κ1) is 14.9. The number of amides is 1. The Morgan fingerprint density at radius 3 is 2.77 bits per heavy atom. The number of carbonyl (C=O) groups is 1. The fraction of sp³-hybridized carbons (Fsp3) is 0.333. The molecule has 0 spiro atoms. The van der Waals surface area contributed by atoms with Crippen LogP contribution in [0.2, 0.25) is 0 Å². The van der Waals surface area contributed by atoms with Crippen molar-refractivity contribution < 1.29 is 13.2 Å². The van der Waals surface area contributed by atoms with E-state index in [0.29, 0.717) is 11.9 Å². The molecule has 6 nitrogen and oxygen atoms in total. The molecule has 3 rings (SSSR count). The molecule has 0 saturated carbocycles. The molecule has 7 heteroatoms. The number of hydrogen-bond acceptors (Lipinski definition) is 4. The SMILES string of the molecule is C[C@@H]1CN(S(=O)(=O)c2cccc3cnccc23)C[C@H]1C(N)=O. The predicted octanol–water partition coefficient (Wildman–Crippen LogP) is 0.977. The molecule has 2 heterocycles. The zero-order valence-corrected chi connectivity index (χ0v) is 13.0. The Morgan fingerprint density at radius 2 is 2.09 bits per heavy atom. The minimum Gasteiger partial charge on any atom is -0.369 e. The second-order valence-electron chi connectivity index (χ2n) is 5.66. The smallest absolute Gasteiger partial charge is 0.243 e. The Balaban J connectivity index is 2.05. The number of aromatic nitrogens is 1. The van der Waals surface area contributed by atoms with Crippen LogP contribution >= 0.6 is 0 Å². The zero-order valence-electron chi connectivity index (χ0n) is 12.1. The molecular formula is C15H17N3O3S. The number of hydrogen-bond donors (Lipinski definition) is 1. The summed E-state index contributed by atoms with van der Waals surface area (Å²) < 4.78 is 27.2. The highest BCUT2D eigenvalue weighted by molar-refractivity contribution is 7.89. The van der Waals surface area contributed by atoms with Gasteiger partial charge in [0.15, 0.2) is 0 Å². The van der Waals surface area contributed by atoms with E-state index in [1.807, 2.05) is 13.0 Å². The van der Waals surface area contributed by atoms with Crippen LogP contribution in [-0.2, 0) is 14.8 Å². The van der Waals surface area contributed by atoms with Crippen LogP contribution in [0, 0.1) is 11.8 Å². The topological polar surface area (TPSA) is 93.4 Å². The molecule has 1 saturated heterocycles. The first-order valence-corrected chi connectivity index (χ1v) is 8.47. The summed E-state index contributed by atoms with van der Waals surface area (Å²) in [5, 5.41) is 1.40. The molecular weight excluding hydrogens is 302 g/mol. The maximum atomic E-state index is 12.9. The van der Waals surface area contributed by atoms with Crippen LogP contribution in [0.25, 0.3) is 10.8 Å². The number of nitrogens with two attached hydrogens (primary N) is 1.